The van der Waals surface area contributed by atoms with Crippen molar-refractivity contribution in [2.24, 2.45) is 5.92 Å². The molecule has 0 atom stereocenters. The molecule has 0 unspecified atom stereocenters. The van der Waals surface area contributed by atoms with Gasteiger partial charge in [-0.3, -0.25) is 9.36 Å². The molecule has 0 saturated carbocycles. The van der Waals surface area contributed by atoms with Gasteiger partial charge in [-0.1, -0.05) is 25.6 Å². The van der Waals surface area contributed by atoms with Gasteiger partial charge in [0, 0.05) is 17.7 Å². The van der Waals surface area contributed by atoms with Crippen molar-refractivity contribution in [3.63, 3.8) is 0 Å². The number of pyridine rings is 1. The zero-order chi connectivity index (χ0) is 22.2. The Morgan fingerprint density at radius 2 is 1.97 bits per heavy atom. The summed E-state index contributed by atoms with van der Waals surface area (Å²) in [4.78, 5) is 23.3. The van der Waals surface area contributed by atoms with Gasteiger partial charge < -0.3 is 9.47 Å². The lowest BCUT2D eigenvalue weighted by Crippen LogP contribution is -2.33. The summed E-state index contributed by atoms with van der Waals surface area (Å²) in [5.74, 6) is 2.22. The van der Waals surface area contributed by atoms with Crippen LogP contribution < -0.4 is 10.3 Å². The molecule has 0 spiro atoms. The first-order valence-electron chi connectivity index (χ1n) is 10.6. The fourth-order valence-corrected chi connectivity index (χ4v) is 4.86. The zero-order valence-corrected chi connectivity index (χ0v) is 19.6. The van der Waals surface area contributed by atoms with E-state index < -0.39 is 0 Å². The van der Waals surface area contributed by atoms with Gasteiger partial charge in [0.15, 0.2) is 10.8 Å². The monoisotopic (exact) mass is 439 g/mol. The van der Waals surface area contributed by atoms with Crippen LogP contribution >= 0.6 is 11.8 Å². The van der Waals surface area contributed by atoms with Gasteiger partial charge in [0.25, 0.3) is 5.56 Å². The van der Waals surface area contributed by atoms with Crippen LogP contribution in [0.15, 0.2) is 40.3 Å². The second-order valence-electron chi connectivity index (χ2n) is 8.95. The van der Waals surface area contributed by atoms with Crippen LogP contribution in [-0.2, 0) is 17.8 Å². The Hall–Kier alpha value is -2.38. The topological polar surface area (TPSA) is 66.2 Å². The summed E-state index contributed by atoms with van der Waals surface area (Å²) < 4.78 is 12.9. The summed E-state index contributed by atoms with van der Waals surface area (Å²) in [6.07, 6.45) is 1.75. The van der Waals surface area contributed by atoms with Gasteiger partial charge in [-0.2, -0.15) is 0 Å². The van der Waals surface area contributed by atoms with E-state index in [-0.39, 0.29) is 11.2 Å². The van der Waals surface area contributed by atoms with Crippen molar-refractivity contribution in [1.82, 2.24) is 14.5 Å². The van der Waals surface area contributed by atoms with Crippen molar-refractivity contribution >= 4 is 22.8 Å². The SMILES string of the molecule is COc1ccc(-n2c(SCCC(C)C)nc3nc4c(cc3c2=O)COC(C)(C)C4)cc1. The lowest BCUT2D eigenvalue weighted by atomic mass is 9.95. The van der Waals surface area contributed by atoms with Crippen LogP contribution in [0.4, 0.5) is 0 Å². The number of hydrogen-bond donors (Lipinski definition) is 0. The van der Waals surface area contributed by atoms with Crippen LogP contribution in [0.2, 0.25) is 0 Å². The van der Waals surface area contributed by atoms with Crippen molar-refractivity contribution in [2.45, 2.75) is 57.9 Å². The van der Waals surface area contributed by atoms with Gasteiger partial charge >= 0.3 is 0 Å². The summed E-state index contributed by atoms with van der Waals surface area (Å²) in [6.45, 7) is 8.97. The van der Waals surface area contributed by atoms with Crippen LogP contribution in [0.3, 0.4) is 0 Å². The molecule has 0 bridgehead atoms. The smallest absolute Gasteiger partial charge is 0.268 e. The second kappa shape index (κ2) is 8.63. The number of thioether (sulfide) groups is 1. The van der Waals surface area contributed by atoms with E-state index in [2.05, 4.69) is 27.7 Å². The average Bonchev–Trinajstić information content (AvgIpc) is 2.72. The number of nitrogens with zero attached hydrogens (tertiary/aromatic N) is 3. The highest BCUT2D eigenvalue weighted by Gasteiger charge is 2.28. The minimum atomic E-state index is -0.263. The number of methoxy groups -OCH3 is 1. The van der Waals surface area contributed by atoms with Gasteiger partial charge in [0.2, 0.25) is 0 Å². The summed E-state index contributed by atoms with van der Waals surface area (Å²) in [6, 6.07) is 9.39. The highest BCUT2D eigenvalue weighted by Crippen LogP contribution is 2.29. The molecule has 0 amide bonds. The normalized spacial score (nSPS) is 15.3. The molecule has 1 aliphatic rings. The van der Waals surface area contributed by atoms with Crippen molar-refractivity contribution in [2.75, 3.05) is 12.9 Å². The van der Waals surface area contributed by atoms with E-state index in [1.165, 1.54) is 0 Å². The molecule has 3 heterocycles. The third kappa shape index (κ3) is 4.62. The molecule has 3 aromatic rings. The van der Waals surface area contributed by atoms with E-state index in [0.717, 1.165) is 34.9 Å². The van der Waals surface area contributed by atoms with Crippen molar-refractivity contribution in [3.05, 3.63) is 51.9 Å². The Bertz CT molecular complexity index is 1150. The predicted molar refractivity (Wildman–Crippen MR) is 124 cm³/mol. The fraction of sp³-hybridized carbons (Fsp3) is 0.458. The summed E-state index contributed by atoms with van der Waals surface area (Å²) in [5, 5.41) is 1.19. The molecule has 164 valence electrons. The molecule has 7 heteroatoms. The highest BCUT2D eigenvalue weighted by atomic mass is 32.2. The van der Waals surface area contributed by atoms with E-state index in [1.54, 1.807) is 23.4 Å². The first-order chi connectivity index (χ1) is 14.8. The number of ether oxygens (including phenoxy) is 2. The Labute approximate surface area is 187 Å². The van der Waals surface area contributed by atoms with Gasteiger partial charge in [-0.05, 0) is 56.5 Å². The molecule has 2 aromatic heterocycles. The number of benzene rings is 1. The fourth-order valence-electron chi connectivity index (χ4n) is 3.62. The Morgan fingerprint density at radius 1 is 1.23 bits per heavy atom. The first kappa shape index (κ1) is 21.8. The molecule has 0 saturated heterocycles. The molecule has 1 aliphatic heterocycles. The Morgan fingerprint density at radius 3 is 2.65 bits per heavy atom. The molecule has 0 aliphatic carbocycles. The summed E-state index contributed by atoms with van der Waals surface area (Å²) in [7, 11) is 1.63. The van der Waals surface area contributed by atoms with Gasteiger partial charge in [-0.25, -0.2) is 9.97 Å². The lowest BCUT2D eigenvalue weighted by Gasteiger charge is -2.31. The molecule has 0 N–H and O–H groups in total. The standard InChI is InChI=1S/C24H29N3O3S/c1-15(2)10-11-31-23-26-21-19(12-16-14-30-24(3,4)13-20(16)25-21)22(28)27(23)17-6-8-18(29-5)9-7-17/h6-9,12,15H,10-11,13-14H2,1-5H3. The largest absolute Gasteiger partial charge is 0.497 e. The zero-order valence-electron chi connectivity index (χ0n) is 18.8. The summed E-state index contributed by atoms with van der Waals surface area (Å²) >= 11 is 1.60. The molecule has 6 nitrogen and oxygen atoms in total. The third-order valence-corrected chi connectivity index (χ3v) is 6.44. The Balaban J connectivity index is 1.86. The third-order valence-electron chi connectivity index (χ3n) is 5.47. The quantitative estimate of drug-likeness (QED) is 0.407. The minimum absolute atomic E-state index is 0.109. The molecule has 1 aromatic carbocycles. The van der Waals surface area contributed by atoms with E-state index in [9.17, 15) is 4.79 Å². The van der Waals surface area contributed by atoms with Crippen molar-refractivity contribution in [3.8, 4) is 11.4 Å². The van der Waals surface area contributed by atoms with Gasteiger partial charge in [0.1, 0.15) is 5.75 Å². The molecule has 0 fully saturated rings. The number of rotatable bonds is 6. The van der Waals surface area contributed by atoms with E-state index in [0.29, 0.717) is 35.1 Å². The van der Waals surface area contributed by atoms with E-state index >= 15 is 0 Å². The summed E-state index contributed by atoms with van der Waals surface area (Å²) in [5.41, 5.74) is 2.84. The maximum absolute atomic E-state index is 13.6. The molecule has 0 radical (unpaired) electrons. The minimum Gasteiger partial charge on any atom is -0.497 e. The van der Waals surface area contributed by atoms with Gasteiger partial charge in [-0.15, -0.1) is 0 Å². The second-order valence-corrected chi connectivity index (χ2v) is 10.0. The van der Waals surface area contributed by atoms with E-state index in [4.69, 9.17) is 19.4 Å². The number of fused-ring (bicyclic) bond motifs is 2. The van der Waals surface area contributed by atoms with Crippen LogP contribution in [0.25, 0.3) is 16.7 Å². The highest BCUT2D eigenvalue weighted by molar-refractivity contribution is 7.99. The predicted octanol–water partition coefficient (Wildman–Crippen LogP) is 4.78. The van der Waals surface area contributed by atoms with E-state index in [1.807, 2.05) is 30.3 Å². The van der Waals surface area contributed by atoms with Crippen LogP contribution in [0, 0.1) is 5.92 Å². The van der Waals surface area contributed by atoms with Crippen LogP contribution in [0.5, 0.6) is 5.75 Å². The number of hydrogen-bond acceptors (Lipinski definition) is 6. The number of aromatic nitrogens is 3. The first-order valence-corrected chi connectivity index (χ1v) is 11.6. The maximum atomic E-state index is 13.6. The Kier molecular flexibility index (Phi) is 6.08. The molecular weight excluding hydrogens is 410 g/mol. The molecule has 31 heavy (non-hydrogen) atoms. The van der Waals surface area contributed by atoms with Crippen LogP contribution in [0.1, 0.15) is 45.4 Å². The molecular formula is C24H29N3O3S. The average molecular weight is 440 g/mol. The maximum Gasteiger partial charge on any atom is 0.268 e. The van der Waals surface area contributed by atoms with Crippen molar-refractivity contribution in [1.29, 1.82) is 0 Å². The molecule has 4 rings (SSSR count). The lowest BCUT2D eigenvalue weighted by molar-refractivity contribution is -0.0411. The van der Waals surface area contributed by atoms with Crippen molar-refractivity contribution < 1.29 is 9.47 Å². The van der Waals surface area contributed by atoms with Gasteiger partial charge in [0.05, 0.1) is 36.1 Å². The van der Waals surface area contributed by atoms with Crippen LogP contribution in [-0.4, -0.2) is 33.0 Å².